The van der Waals surface area contributed by atoms with Gasteiger partial charge in [0.25, 0.3) is 0 Å². The van der Waals surface area contributed by atoms with Gasteiger partial charge in [0.2, 0.25) is 5.91 Å². The van der Waals surface area contributed by atoms with Crippen molar-refractivity contribution in [1.82, 2.24) is 9.88 Å². The molecule has 1 fully saturated rings. The first kappa shape index (κ1) is 17.7. The highest BCUT2D eigenvalue weighted by molar-refractivity contribution is 7.22. The molecule has 5 rings (SSSR count). The highest BCUT2D eigenvalue weighted by Crippen LogP contribution is 2.33. The van der Waals surface area contributed by atoms with E-state index in [1.807, 2.05) is 0 Å². The van der Waals surface area contributed by atoms with Crippen molar-refractivity contribution in [2.24, 2.45) is 5.92 Å². The monoisotopic (exact) mass is 391 g/mol. The van der Waals surface area contributed by atoms with E-state index in [1.54, 1.807) is 11.3 Å². The fourth-order valence-corrected chi connectivity index (χ4v) is 5.53. The number of aromatic nitrogens is 1. The van der Waals surface area contributed by atoms with Gasteiger partial charge >= 0.3 is 0 Å². The summed E-state index contributed by atoms with van der Waals surface area (Å²) in [5, 5.41) is 1.10. The summed E-state index contributed by atoms with van der Waals surface area (Å²) in [4.78, 5) is 22.3. The Kier molecular flexibility index (Phi) is 4.55. The van der Waals surface area contributed by atoms with Crippen molar-refractivity contribution in [3.05, 3.63) is 59.2 Å². The highest BCUT2D eigenvalue weighted by Gasteiger charge is 2.31. The van der Waals surface area contributed by atoms with Crippen molar-refractivity contribution in [3.8, 4) is 0 Å². The standard InChI is InChI=1S/C23H25N3OS/c1-16-6-7-20-21(14-16)28-23(24-20)25-11-9-18(10-12-25)22(27)26-13-8-17-4-2-3-5-19(17)15-26/h2-7,14,18H,8-13,15H2,1H3. The number of anilines is 1. The van der Waals surface area contributed by atoms with Gasteiger partial charge in [-0.1, -0.05) is 41.7 Å². The molecule has 0 spiro atoms. The van der Waals surface area contributed by atoms with Gasteiger partial charge in [0.15, 0.2) is 5.13 Å². The molecule has 0 N–H and O–H groups in total. The van der Waals surface area contributed by atoms with Crippen LogP contribution in [0.4, 0.5) is 5.13 Å². The van der Waals surface area contributed by atoms with Gasteiger partial charge in [-0.05, 0) is 55.0 Å². The smallest absolute Gasteiger partial charge is 0.226 e. The fourth-order valence-electron chi connectivity index (χ4n) is 4.41. The summed E-state index contributed by atoms with van der Waals surface area (Å²) in [5.74, 6) is 0.493. The molecule has 144 valence electrons. The predicted molar refractivity (Wildman–Crippen MR) is 115 cm³/mol. The molecule has 0 radical (unpaired) electrons. The number of hydrogen-bond acceptors (Lipinski definition) is 4. The molecule has 28 heavy (non-hydrogen) atoms. The van der Waals surface area contributed by atoms with Crippen LogP contribution in [0.25, 0.3) is 10.2 Å². The number of hydrogen-bond donors (Lipinski definition) is 0. The number of fused-ring (bicyclic) bond motifs is 2. The molecule has 3 heterocycles. The van der Waals surface area contributed by atoms with Crippen molar-refractivity contribution in [2.45, 2.75) is 32.7 Å². The third kappa shape index (κ3) is 3.28. The molecule has 0 unspecified atom stereocenters. The third-order valence-corrected chi connectivity index (χ3v) is 7.17. The van der Waals surface area contributed by atoms with Crippen LogP contribution in [0.5, 0.6) is 0 Å². The molecule has 1 saturated heterocycles. The number of piperidine rings is 1. The van der Waals surface area contributed by atoms with Gasteiger partial charge in [-0.2, -0.15) is 0 Å². The van der Waals surface area contributed by atoms with Crippen LogP contribution >= 0.6 is 11.3 Å². The average molecular weight is 392 g/mol. The topological polar surface area (TPSA) is 36.4 Å². The minimum atomic E-state index is 0.151. The molecule has 2 aromatic carbocycles. The predicted octanol–water partition coefficient (Wildman–Crippen LogP) is 4.41. The Balaban J connectivity index is 1.23. The number of carbonyl (C=O) groups excluding carboxylic acids is 1. The number of nitrogens with zero attached hydrogens (tertiary/aromatic N) is 3. The molecule has 0 aliphatic carbocycles. The van der Waals surface area contributed by atoms with Crippen LogP contribution in [0, 0.1) is 12.8 Å². The molecular formula is C23H25N3OS. The van der Waals surface area contributed by atoms with E-state index in [4.69, 9.17) is 4.98 Å². The molecule has 4 nitrogen and oxygen atoms in total. The molecule has 5 heteroatoms. The number of benzene rings is 2. The lowest BCUT2D eigenvalue weighted by atomic mass is 9.93. The highest BCUT2D eigenvalue weighted by atomic mass is 32.1. The maximum absolute atomic E-state index is 13.1. The van der Waals surface area contributed by atoms with E-state index >= 15 is 0 Å². The van der Waals surface area contributed by atoms with Crippen molar-refractivity contribution < 1.29 is 4.79 Å². The van der Waals surface area contributed by atoms with E-state index in [0.29, 0.717) is 5.91 Å². The first-order chi connectivity index (χ1) is 13.7. The summed E-state index contributed by atoms with van der Waals surface area (Å²) in [7, 11) is 0. The van der Waals surface area contributed by atoms with Gasteiger partial charge in [0, 0.05) is 32.1 Å². The third-order valence-electron chi connectivity index (χ3n) is 6.09. The Hall–Kier alpha value is -2.40. The largest absolute Gasteiger partial charge is 0.348 e. The summed E-state index contributed by atoms with van der Waals surface area (Å²) in [6.07, 6.45) is 2.82. The van der Waals surface area contributed by atoms with Gasteiger partial charge in [0.05, 0.1) is 10.2 Å². The van der Waals surface area contributed by atoms with Crippen LogP contribution in [0.3, 0.4) is 0 Å². The zero-order valence-electron chi connectivity index (χ0n) is 16.2. The number of aryl methyl sites for hydroxylation is 1. The maximum atomic E-state index is 13.1. The van der Waals surface area contributed by atoms with Crippen molar-refractivity contribution in [1.29, 1.82) is 0 Å². The van der Waals surface area contributed by atoms with Crippen LogP contribution in [0.2, 0.25) is 0 Å². The van der Waals surface area contributed by atoms with E-state index in [-0.39, 0.29) is 5.92 Å². The molecule has 3 aromatic rings. The zero-order chi connectivity index (χ0) is 19.1. The van der Waals surface area contributed by atoms with E-state index in [9.17, 15) is 4.79 Å². The molecular weight excluding hydrogens is 366 g/mol. The van der Waals surface area contributed by atoms with Crippen LogP contribution < -0.4 is 4.90 Å². The lowest BCUT2D eigenvalue weighted by Crippen LogP contribution is -2.44. The van der Waals surface area contributed by atoms with Crippen LogP contribution in [-0.4, -0.2) is 35.4 Å². The van der Waals surface area contributed by atoms with Crippen LogP contribution in [-0.2, 0) is 17.8 Å². The van der Waals surface area contributed by atoms with E-state index in [1.165, 1.54) is 21.4 Å². The van der Waals surface area contributed by atoms with Gasteiger partial charge < -0.3 is 9.80 Å². The summed E-state index contributed by atoms with van der Waals surface area (Å²) in [6.45, 7) is 5.58. The summed E-state index contributed by atoms with van der Waals surface area (Å²) >= 11 is 1.77. The van der Waals surface area contributed by atoms with Crippen molar-refractivity contribution in [3.63, 3.8) is 0 Å². The Morgan fingerprint density at radius 2 is 1.86 bits per heavy atom. The maximum Gasteiger partial charge on any atom is 0.226 e. The second-order valence-corrected chi connectivity index (χ2v) is 9.02. The first-order valence-electron chi connectivity index (χ1n) is 10.1. The number of amides is 1. The molecule has 0 saturated carbocycles. The van der Waals surface area contributed by atoms with E-state index in [0.717, 1.165) is 56.1 Å². The quantitative estimate of drug-likeness (QED) is 0.649. The number of thiazole rings is 1. The Morgan fingerprint density at radius 1 is 1.07 bits per heavy atom. The minimum absolute atomic E-state index is 0.151. The van der Waals surface area contributed by atoms with Crippen molar-refractivity contribution in [2.75, 3.05) is 24.5 Å². The van der Waals surface area contributed by atoms with Gasteiger partial charge in [-0.15, -0.1) is 0 Å². The Morgan fingerprint density at radius 3 is 2.68 bits per heavy atom. The summed E-state index contributed by atoms with van der Waals surface area (Å²) in [5.41, 5.74) is 5.06. The lowest BCUT2D eigenvalue weighted by molar-refractivity contribution is -0.137. The molecule has 1 amide bonds. The average Bonchev–Trinajstić information content (AvgIpc) is 3.16. The summed E-state index contributed by atoms with van der Waals surface area (Å²) in [6, 6.07) is 14.9. The van der Waals surface area contributed by atoms with Gasteiger partial charge in [-0.25, -0.2) is 4.98 Å². The normalized spacial score (nSPS) is 17.8. The SMILES string of the molecule is Cc1ccc2nc(N3CCC(C(=O)N4CCc5ccccc5C4)CC3)sc2c1. The second kappa shape index (κ2) is 7.21. The second-order valence-electron chi connectivity index (χ2n) is 8.01. The fraction of sp³-hybridized carbons (Fsp3) is 0.391. The molecule has 2 aliphatic heterocycles. The molecule has 0 bridgehead atoms. The summed E-state index contributed by atoms with van der Waals surface area (Å²) < 4.78 is 1.25. The van der Waals surface area contributed by atoms with Crippen LogP contribution in [0.1, 0.15) is 29.5 Å². The molecule has 0 atom stereocenters. The molecule has 2 aliphatic rings. The van der Waals surface area contributed by atoms with E-state index in [2.05, 4.69) is 59.2 Å². The van der Waals surface area contributed by atoms with Gasteiger partial charge in [0.1, 0.15) is 0 Å². The number of carbonyl (C=O) groups is 1. The zero-order valence-corrected chi connectivity index (χ0v) is 17.0. The lowest BCUT2D eigenvalue weighted by Gasteiger charge is -2.36. The van der Waals surface area contributed by atoms with E-state index < -0.39 is 0 Å². The first-order valence-corrected chi connectivity index (χ1v) is 11.0. The van der Waals surface area contributed by atoms with Crippen LogP contribution in [0.15, 0.2) is 42.5 Å². The Bertz CT molecular complexity index is 1020. The molecule has 1 aromatic heterocycles. The minimum Gasteiger partial charge on any atom is -0.348 e. The Labute approximate surface area is 169 Å². The van der Waals surface area contributed by atoms with Gasteiger partial charge in [-0.3, -0.25) is 4.79 Å². The van der Waals surface area contributed by atoms with Crippen molar-refractivity contribution >= 4 is 32.6 Å². The number of rotatable bonds is 2.